The molecule has 0 aromatic heterocycles. The van der Waals surface area contributed by atoms with Crippen LogP contribution in [0, 0.1) is 0 Å². The third-order valence-corrected chi connectivity index (χ3v) is 2.33. The van der Waals surface area contributed by atoms with Gasteiger partial charge in [0.05, 0.1) is 0 Å². The average Bonchev–Trinajstić information content (AvgIpc) is 2.01. The van der Waals surface area contributed by atoms with E-state index in [-0.39, 0.29) is 5.75 Å². The Kier molecular flexibility index (Phi) is 3.30. The SMILES string of the molecule is O=S(=O)(O)c1ccccc1OC(F)Cl. The summed E-state index contributed by atoms with van der Waals surface area (Å²) < 4.78 is 46.8. The van der Waals surface area contributed by atoms with Crippen LogP contribution in [-0.2, 0) is 10.1 Å². The van der Waals surface area contributed by atoms with Crippen LogP contribution in [-0.4, -0.2) is 18.8 Å². The van der Waals surface area contributed by atoms with Gasteiger partial charge < -0.3 is 4.74 Å². The van der Waals surface area contributed by atoms with Gasteiger partial charge in [0.25, 0.3) is 10.1 Å². The molecule has 14 heavy (non-hydrogen) atoms. The van der Waals surface area contributed by atoms with Gasteiger partial charge in [0, 0.05) is 0 Å². The molecule has 0 radical (unpaired) electrons. The molecule has 0 spiro atoms. The normalized spacial score (nSPS) is 13.6. The van der Waals surface area contributed by atoms with E-state index in [0.717, 1.165) is 6.07 Å². The molecule has 0 saturated heterocycles. The number of benzene rings is 1. The Morgan fingerprint density at radius 3 is 2.50 bits per heavy atom. The van der Waals surface area contributed by atoms with Crippen molar-refractivity contribution in [2.24, 2.45) is 0 Å². The van der Waals surface area contributed by atoms with Crippen LogP contribution in [0.25, 0.3) is 0 Å². The predicted octanol–water partition coefficient (Wildman–Crippen LogP) is 1.80. The molecule has 7 heteroatoms. The van der Waals surface area contributed by atoms with Crippen LogP contribution < -0.4 is 4.74 Å². The number of rotatable bonds is 3. The molecule has 1 unspecified atom stereocenters. The molecule has 0 aliphatic rings. The van der Waals surface area contributed by atoms with Gasteiger partial charge >= 0.3 is 5.82 Å². The minimum Gasteiger partial charge on any atom is -0.446 e. The second-order valence-electron chi connectivity index (χ2n) is 2.30. The van der Waals surface area contributed by atoms with E-state index in [1.165, 1.54) is 18.2 Å². The van der Waals surface area contributed by atoms with Crippen molar-refractivity contribution in [3.63, 3.8) is 0 Å². The van der Waals surface area contributed by atoms with Crippen molar-refractivity contribution < 1.29 is 22.1 Å². The second kappa shape index (κ2) is 4.12. The molecular formula is C7H6ClFO4S. The van der Waals surface area contributed by atoms with Gasteiger partial charge in [-0.15, -0.1) is 0 Å². The summed E-state index contributed by atoms with van der Waals surface area (Å²) in [6, 6.07) is 5.03. The second-order valence-corrected chi connectivity index (χ2v) is 4.03. The van der Waals surface area contributed by atoms with Crippen molar-refractivity contribution in [3.8, 4) is 5.75 Å². The highest BCUT2D eigenvalue weighted by atomic mass is 35.5. The Morgan fingerprint density at radius 2 is 2.00 bits per heavy atom. The van der Waals surface area contributed by atoms with Crippen LogP contribution in [0.3, 0.4) is 0 Å². The highest BCUT2D eigenvalue weighted by molar-refractivity contribution is 7.86. The maximum atomic E-state index is 12.2. The van der Waals surface area contributed by atoms with E-state index in [0.29, 0.717) is 0 Å². The van der Waals surface area contributed by atoms with Crippen LogP contribution in [0.1, 0.15) is 0 Å². The summed E-state index contributed by atoms with van der Waals surface area (Å²) in [4.78, 5) is -0.525. The van der Waals surface area contributed by atoms with Gasteiger partial charge in [-0.3, -0.25) is 4.55 Å². The summed E-state index contributed by atoms with van der Waals surface area (Å²) >= 11 is 4.87. The molecule has 78 valence electrons. The Bertz CT molecular complexity index is 417. The van der Waals surface area contributed by atoms with E-state index in [4.69, 9.17) is 16.2 Å². The summed E-state index contributed by atoms with van der Waals surface area (Å²) in [5.74, 6) is -2.50. The zero-order valence-corrected chi connectivity index (χ0v) is 8.30. The van der Waals surface area contributed by atoms with Crippen LogP contribution in [0.4, 0.5) is 4.39 Å². The molecule has 0 heterocycles. The molecule has 0 aliphatic heterocycles. The first-order valence-electron chi connectivity index (χ1n) is 3.42. The van der Waals surface area contributed by atoms with Crippen LogP contribution >= 0.6 is 11.6 Å². The topological polar surface area (TPSA) is 63.6 Å². The lowest BCUT2D eigenvalue weighted by molar-refractivity contribution is 0.142. The molecule has 1 rings (SSSR count). The maximum Gasteiger partial charge on any atom is 0.316 e. The van der Waals surface area contributed by atoms with E-state index < -0.39 is 20.8 Å². The number of hydrogen-bond donors (Lipinski definition) is 1. The molecule has 1 N–H and O–H groups in total. The third kappa shape index (κ3) is 2.83. The summed E-state index contributed by atoms with van der Waals surface area (Å²) in [6.45, 7) is 0. The zero-order valence-electron chi connectivity index (χ0n) is 6.72. The van der Waals surface area contributed by atoms with Crippen molar-refractivity contribution >= 4 is 21.7 Å². The fourth-order valence-corrected chi connectivity index (χ4v) is 1.57. The Morgan fingerprint density at radius 1 is 1.43 bits per heavy atom. The number of alkyl halides is 2. The summed E-state index contributed by atoms with van der Waals surface area (Å²) in [5.41, 5.74) is 0. The van der Waals surface area contributed by atoms with Gasteiger partial charge in [-0.2, -0.15) is 12.8 Å². The minimum absolute atomic E-state index is 0.336. The van der Waals surface area contributed by atoms with E-state index in [1.54, 1.807) is 0 Å². The van der Waals surface area contributed by atoms with E-state index in [9.17, 15) is 12.8 Å². The van der Waals surface area contributed by atoms with Crippen LogP contribution in [0.2, 0.25) is 0 Å². The third-order valence-electron chi connectivity index (χ3n) is 1.34. The standard InChI is InChI=1S/C7H6ClFO4S/c8-7(9)13-5-3-1-2-4-6(5)14(10,11)12/h1-4,7H,(H,10,11,12). The first-order valence-corrected chi connectivity index (χ1v) is 5.30. The summed E-state index contributed by atoms with van der Waals surface area (Å²) in [5, 5.41) is 0. The zero-order chi connectivity index (χ0) is 10.8. The molecule has 1 atom stereocenters. The Balaban J connectivity index is 3.17. The molecular weight excluding hydrogens is 235 g/mol. The smallest absolute Gasteiger partial charge is 0.316 e. The van der Waals surface area contributed by atoms with Crippen molar-refractivity contribution in [1.82, 2.24) is 0 Å². The molecule has 0 fully saturated rings. The van der Waals surface area contributed by atoms with E-state index in [2.05, 4.69) is 4.74 Å². The number of ether oxygens (including phenoxy) is 1. The van der Waals surface area contributed by atoms with Gasteiger partial charge in [-0.1, -0.05) is 12.1 Å². The highest BCUT2D eigenvalue weighted by Gasteiger charge is 2.17. The number of halogens is 2. The fraction of sp³-hybridized carbons (Fsp3) is 0.143. The maximum absolute atomic E-state index is 12.2. The van der Waals surface area contributed by atoms with Gasteiger partial charge in [-0.05, 0) is 23.7 Å². The van der Waals surface area contributed by atoms with Gasteiger partial charge in [0.15, 0.2) is 0 Å². The first kappa shape index (κ1) is 11.2. The minimum atomic E-state index is -4.43. The largest absolute Gasteiger partial charge is 0.446 e. The quantitative estimate of drug-likeness (QED) is 0.646. The number of hydrogen-bond acceptors (Lipinski definition) is 3. The number of para-hydroxylation sites is 1. The van der Waals surface area contributed by atoms with Crippen molar-refractivity contribution in [2.75, 3.05) is 0 Å². The molecule has 0 aliphatic carbocycles. The van der Waals surface area contributed by atoms with Gasteiger partial charge in [-0.25, -0.2) is 0 Å². The first-order chi connectivity index (χ1) is 6.41. The van der Waals surface area contributed by atoms with Crippen LogP contribution in [0.15, 0.2) is 29.2 Å². The molecule has 0 amide bonds. The van der Waals surface area contributed by atoms with Gasteiger partial charge in [0.1, 0.15) is 10.6 Å². The Labute approximate surface area is 85.0 Å². The molecule has 0 bridgehead atoms. The van der Waals surface area contributed by atoms with Gasteiger partial charge in [0.2, 0.25) is 0 Å². The average molecular weight is 241 g/mol. The van der Waals surface area contributed by atoms with Crippen molar-refractivity contribution in [1.29, 1.82) is 0 Å². The van der Waals surface area contributed by atoms with Crippen LogP contribution in [0.5, 0.6) is 5.75 Å². The van der Waals surface area contributed by atoms with Crippen molar-refractivity contribution in [2.45, 2.75) is 10.7 Å². The summed E-state index contributed by atoms with van der Waals surface area (Å²) in [6.07, 6.45) is 0. The van der Waals surface area contributed by atoms with E-state index >= 15 is 0 Å². The fourth-order valence-electron chi connectivity index (χ4n) is 0.857. The molecule has 0 saturated carbocycles. The van der Waals surface area contributed by atoms with Crippen molar-refractivity contribution in [3.05, 3.63) is 24.3 Å². The lowest BCUT2D eigenvalue weighted by atomic mass is 10.3. The molecule has 1 aromatic rings. The molecule has 4 nitrogen and oxygen atoms in total. The monoisotopic (exact) mass is 240 g/mol. The molecule has 1 aromatic carbocycles. The predicted molar refractivity (Wildman–Crippen MR) is 47.6 cm³/mol. The van der Waals surface area contributed by atoms with E-state index in [1.807, 2.05) is 0 Å². The lowest BCUT2D eigenvalue weighted by Gasteiger charge is -2.08. The highest BCUT2D eigenvalue weighted by Crippen LogP contribution is 2.24. The lowest BCUT2D eigenvalue weighted by Crippen LogP contribution is -2.06. The Hall–Kier alpha value is -0.850. The summed E-state index contributed by atoms with van der Waals surface area (Å²) in [7, 11) is -4.43.